The molecule has 0 saturated carbocycles. The van der Waals surface area contributed by atoms with Crippen molar-refractivity contribution in [1.29, 1.82) is 5.26 Å². The second-order valence-corrected chi connectivity index (χ2v) is 7.04. The van der Waals surface area contributed by atoms with Gasteiger partial charge < -0.3 is 14.8 Å². The van der Waals surface area contributed by atoms with E-state index in [0.29, 0.717) is 28.4 Å². The molecule has 2 heterocycles. The van der Waals surface area contributed by atoms with Gasteiger partial charge in [-0.3, -0.25) is 4.98 Å². The lowest BCUT2D eigenvalue weighted by Crippen LogP contribution is -2.13. The maximum Gasteiger partial charge on any atom is 0.339 e. The number of aromatic nitrogens is 3. The zero-order valence-corrected chi connectivity index (χ0v) is 17.1. The van der Waals surface area contributed by atoms with E-state index >= 15 is 0 Å². The fourth-order valence-electron chi connectivity index (χ4n) is 3.57. The van der Waals surface area contributed by atoms with Crippen LogP contribution >= 0.6 is 0 Å². The van der Waals surface area contributed by atoms with E-state index in [-0.39, 0.29) is 17.2 Å². The van der Waals surface area contributed by atoms with Crippen LogP contribution in [0, 0.1) is 18.3 Å². The number of aliphatic hydroxyl groups is 1. The summed E-state index contributed by atoms with van der Waals surface area (Å²) in [5, 5.41) is 20.7. The molecule has 0 bridgehead atoms. The third-order valence-corrected chi connectivity index (χ3v) is 5.14. The number of aliphatic hydroxyl groups excluding tert-OH is 1. The number of fused-ring (bicyclic) bond motifs is 2. The van der Waals surface area contributed by atoms with Crippen molar-refractivity contribution in [3.05, 3.63) is 76.9 Å². The van der Waals surface area contributed by atoms with Crippen molar-refractivity contribution in [2.75, 3.05) is 6.61 Å². The number of pyridine rings is 1. The van der Waals surface area contributed by atoms with Gasteiger partial charge in [0, 0.05) is 11.1 Å². The Morgan fingerprint density at radius 2 is 1.84 bits per heavy atom. The van der Waals surface area contributed by atoms with Crippen LogP contribution in [0.2, 0.25) is 0 Å². The zero-order valence-electron chi connectivity index (χ0n) is 17.1. The Kier molecular flexibility index (Phi) is 5.37. The van der Waals surface area contributed by atoms with Gasteiger partial charge in [0.25, 0.3) is 0 Å². The first-order chi connectivity index (χ1) is 15.0. The van der Waals surface area contributed by atoms with Gasteiger partial charge >= 0.3 is 5.97 Å². The van der Waals surface area contributed by atoms with Crippen LogP contribution in [0.3, 0.4) is 0 Å². The number of aryl methyl sites for hydroxylation is 1. The van der Waals surface area contributed by atoms with Crippen molar-refractivity contribution >= 4 is 33.5 Å². The number of allylic oxidation sites excluding steroid dienone is 1. The topological polar surface area (TPSA) is 112 Å². The molecule has 0 aliphatic rings. The molecule has 4 rings (SSSR count). The summed E-state index contributed by atoms with van der Waals surface area (Å²) in [6.07, 6.45) is 0.673. The van der Waals surface area contributed by atoms with Gasteiger partial charge in [0.1, 0.15) is 18.2 Å². The molecule has 2 N–H and O–H groups in total. The van der Waals surface area contributed by atoms with Crippen LogP contribution in [-0.2, 0) is 11.2 Å². The summed E-state index contributed by atoms with van der Waals surface area (Å²) in [5.74, 6) is -0.739. The number of esters is 1. The molecular weight excluding hydrogens is 392 g/mol. The van der Waals surface area contributed by atoms with Gasteiger partial charge in [-0.2, -0.15) is 5.26 Å². The summed E-state index contributed by atoms with van der Waals surface area (Å²) >= 11 is 0. The van der Waals surface area contributed by atoms with Crippen LogP contribution in [0.25, 0.3) is 27.5 Å². The van der Waals surface area contributed by atoms with Crippen LogP contribution in [0.5, 0.6) is 0 Å². The van der Waals surface area contributed by atoms with Gasteiger partial charge in [0.15, 0.2) is 11.6 Å². The number of nitriles is 1. The lowest BCUT2D eigenvalue weighted by molar-refractivity contribution is 0.0504. The van der Waals surface area contributed by atoms with Crippen molar-refractivity contribution in [3.63, 3.8) is 0 Å². The molecule has 0 aliphatic carbocycles. The highest BCUT2D eigenvalue weighted by atomic mass is 16.5. The molecule has 154 valence electrons. The second kappa shape index (κ2) is 8.28. The lowest BCUT2D eigenvalue weighted by Gasteiger charge is -2.13. The second-order valence-electron chi connectivity index (χ2n) is 7.04. The van der Waals surface area contributed by atoms with Crippen molar-refractivity contribution in [2.24, 2.45) is 0 Å². The van der Waals surface area contributed by atoms with E-state index in [1.165, 1.54) is 0 Å². The van der Waals surface area contributed by atoms with E-state index in [2.05, 4.69) is 15.0 Å². The first kappa shape index (κ1) is 20.1. The Labute approximate surface area is 178 Å². The summed E-state index contributed by atoms with van der Waals surface area (Å²) in [7, 11) is 0. The smallest absolute Gasteiger partial charge is 0.339 e. The van der Waals surface area contributed by atoms with Gasteiger partial charge in [0.05, 0.1) is 22.1 Å². The van der Waals surface area contributed by atoms with Gasteiger partial charge in [0.2, 0.25) is 0 Å². The third kappa shape index (κ3) is 3.71. The molecule has 0 amide bonds. The number of hydrogen-bond donors (Lipinski definition) is 2. The molecular formula is C24H20N4O3. The number of para-hydroxylation sites is 3. The molecule has 2 aromatic heterocycles. The van der Waals surface area contributed by atoms with Gasteiger partial charge in [-0.05, 0) is 37.1 Å². The van der Waals surface area contributed by atoms with Crippen LogP contribution in [0.4, 0.5) is 0 Å². The van der Waals surface area contributed by atoms with Crippen LogP contribution in [0.15, 0.2) is 54.3 Å². The minimum Gasteiger partial charge on any atom is -0.507 e. The number of carbonyl (C=O) groups excluding carboxylic acids is 1. The fourth-order valence-corrected chi connectivity index (χ4v) is 3.57. The average molecular weight is 412 g/mol. The Morgan fingerprint density at radius 3 is 2.55 bits per heavy atom. The maximum atomic E-state index is 13.0. The number of rotatable bonds is 5. The SMILES string of the molecule is CCc1nc2ccccc2c(C(=O)OC/C(O)=C(\C#N)c2nc3ccccc3[nH]2)c1C. The molecule has 0 fully saturated rings. The summed E-state index contributed by atoms with van der Waals surface area (Å²) < 4.78 is 5.39. The minimum atomic E-state index is -0.584. The average Bonchev–Trinajstić information content (AvgIpc) is 3.21. The monoisotopic (exact) mass is 412 g/mol. The van der Waals surface area contributed by atoms with E-state index in [1.54, 1.807) is 6.07 Å². The number of H-pyrrole nitrogens is 1. The van der Waals surface area contributed by atoms with Gasteiger partial charge in [-0.25, -0.2) is 9.78 Å². The van der Waals surface area contributed by atoms with E-state index < -0.39 is 12.6 Å². The highest BCUT2D eigenvalue weighted by Crippen LogP contribution is 2.25. The Balaban J connectivity index is 1.65. The predicted octanol–water partition coefficient (Wildman–Crippen LogP) is 4.63. The molecule has 4 aromatic rings. The van der Waals surface area contributed by atoms with Crippen molar-refractivity contribution in [1.82, 2.24) is 15.0 Å². The first-order valence-corrected chi connectivity index (χ1v) is 9.86. The summed E-state index contributed by atoms with van der Waals surface area (Å²) in [6, 6.07) is 16.6. The number of carbonyl (C=O) groups is 1. The van der Waals surface area contributed by atoms with Crippen molar-refractivity contribution in [2.45, 2.75) is 20.3 Å². The number of nitrogens with one attached hydrogen (secondary N) is 1. The molecule has 0 atom stereocenters. The number of nitrogens with zero attached hydrogens (tertiary/aromatic N) is 3. The standard InChI is InChI=1S/C24H20N4O3/c1-3-17-14(2)22(15-8-4-5-9-18(15)26-17)24(30)31-13-21(29)16(12-25)23-27-19-10-6-7-11-20(19)28-23/h4-11,29H,3,13H2,1-2H3,(H,27,28)/b21-16-. The molecule has 0 aliphatic heterocycles. The molecule has 0 unspecified atom stereocenters. The van der Waals surface area contributed by atoms with Crippen molar-refractivity contribution < 1.29 is 14.6 Å². The summed E-state index contributed by atoms with van der Waals surface area (Å²) in [6.45, 7) is 3.36. The number of imidazole rings is 1. The fraction of sp³-hybridized carbons (Fsp3) is 0.167. The van der Waals surface area contributed by atoms with Crippen molar-refractivity contribution in [3.8, 4) is 6.07 Å². The molecule has 0 spiro atoms. The maximum absolute atomic E-state index is 13.0. The Morgan fingerprint density at radius 1 is 1.13 bits per heavy atom. The Hall–Kier alpha value is -4.18. The van der Waals surface area contributed by atoms with E-state index in [4.69, 9.17) is 4.74 Å². The number of ether oxygens (including phenoxy) is 1. The highest BCUT2D eigenvalue weighted by molar-refractivity contribution is 6.05. The molecule has 31 heavy (non-hydrogen) atoms. The zero-order chi connectivity index (χ0) is 22.0. The molecule has 7 nitrogen and oxygen atoms in total. The normalized spacial score (nSPS) is 11.9. The summed E-state index contributed by atoms with van der Waals surface area (Å²) in [5.41, 5.74) is 4.00. The van der Waals surface area contributed by atoms with E-state index in [9.17, 15) is 15.2 Å². The summed E-state index contributed by atoms with van der Waals surface area (Å²) in [4.78, 5) is 24.9. The first-order valence-electron chi connectivity index (χ1n) is 9.86. The lowest BCUT2D eigenvalue weighted by atomic mass is 10.0. The molecule has 0 saturated heterocycles. The van der Waals surface area contributed by atoms with Crippen LogP contribution in [-0.4, -0.2) is 32.6 Å². The number of benzene rings is 2. The third-order valence-electron chi connectivity index (χ3n) is 5.14. The van der Waals surface area contributed by atoms with E-state index in [0.717, 1.165) is 16.8 Å². The van der Waals surface area contributed by atoms with Crippen LogP contribution < -0.4 is 0 Å². The molecule has 0 radical (unpaired) electrons. The quantitative estimate of drug-likeness (QED) is 0.281. The van der Waals surface area contributed by atoms with Gasteiger partial charge in [-0.15, -0.1) is 0 Å². The largest absolute Gasteiger partial charge is 0.507 e. The molecule has 7 heteroatoms. The van der Waals surface area contributed by atoms with Gasteiger partial charge in [-0.1, -0.05) is 37.3 Å². The minimum absolute atomic E-state index is 0.0745. The number of hydrogen-bond acceptors (Lipinski definition) is 6. The Bertz CT molecular complexity index is 1350. The number of aromatic amines is 1. The predicted molar refractivity (Wildman–Crippen MR) is 117 cm³/mol. The highest BCUT2D eigenvalue weighted by Gasteiger charge is 2.20. The van der Waals surface area contributed by atoms with Crippen LogP contribution in [0.1, 0.15) is 34.4 Å². The van der Waals surface area contributed by atoms with E-state index in [1.807, 2.05) is 62.4 Å². The molecule has 2 aromatic carbocycles.